The Morgan fingerprint density at radius 2 is 2.00 bits per heavy atom. The van der Waals surface area contributed by atoms with Crippen LogP contribution in [0, 0.1) is 5.41 Å². The summed E-state index contributed by atoms with van der Waals surface area (Å²) in [6.07, 6.45) is 3.80. The fourth-order valence-corrected chi connectivity index (χ4v) is 3.81. The third-order valence-electron chi connectivity index (χ3n) is 3.96. The molecule has 6 nitrogen and oxygen atoms in total. The first-order valence-corrected chi connectivity index (χ1v) is 9.30. The van der Waals surface area contributed by atoms with E-state index in [4.69, 9.17) is 5.11 Å². The number of nitrogens with one attached hydrogen (secondary N) is 1. The minimum absolute atomic E-state index is 0.0112. The van der Waals surface area contributed by atoms with E-state index in [1.54, 1.807) is 0 Å². The van der Waals surface area contributed by atoms with Crippen LogP contribution in [-0.4, -0.2) is 55.2 Å². The summed E-state index contributed by atoms with van der Waals surface area (Å²) in [6, 6.07) is -0.810. The van der Waals surface area contributed by atoms with E-state index in [2.05, 4.69) is 5.32 Å². The van der Waals surface area contributed by atoms with E-state index in [0.29, 0.717) is 19.4 Å². The summed E-state index contributed by atoms with van der Waals surface area (Å²) in [5.74, 6) is -0.256. The number of carbonyl (C=O) groups is 1. The third kappa shape index (κ3) is 5.23. The van der Waals surface area contributed by atoms with Crippen LogP contribution < -0.4 is 5.32 Å². The number of carbonyl (C=O) groups excluding carboxylic acids is 1. The SMILES string of the molecule is CC(C)(C)C(CCO)NC(=O)C1CCCCN1S(C)(=O)=O. The molecule has 2 N–H and O–H groups in total. The molecule has 1 aliphatic rings. The molecule has 0 aromatic carbocycles. The molecule has 0 aromatic heterocycles. The molecule has 1 heterocycles. The van der Waals surface area contributed by atoms with Crippen LogP contribution in [0.4, 0.5) is 0 Å². The lowest BCUT2D eigenvalue weighted by atomic mass is 9.84. The Balaban J connectivity index is 2.84. The number of amides is 1. The Morgan fingerprint density at radius 1 is 1.38 bits per heavy atom. The molecule has 1 fully saturated rings. The Hall–Kier alpha value is -0.660. The number of nitrogens with zero attached hydrogens (tertiary/aromatic N) is 1. The van der Waals surface area contributed by atoms with Crippen LogP contribution in [-0.2, 0) is 14.8 Å². The molecular weight excluding hydrogens is 292 g/mol. The lowest BCUT2D eigenvalue weighted by Crippen LogP contribution is -2.55. The van der Waals surface area contributed by atoms with Crippen LogP contribution in [0.5, 0.6) is 0 Å². The van der Waals surface area contributed by atoms with Crippen molar-refractivity contribution in [1.82, 2.24) is 9.62 Å². The van der Waals surface area contributed by atoms with E-state index in [0.717, 1.165) is 19.1 Å². The van der Waals surface area contributed by atoms with Crippen molar-refractivity contribution in [2.75, 3.05) is 19.4 Å². The molecule has 0 bridgehead atoms. The summed E-state index contributed by atoms with van der Waals surface area (Å²) in [4.78, 5) is 12.5. The lowest BCUT2D eigenvalue weighted by Gasteiger charge is -2.36. The lowest BCUT2D eigenvalue weighted by molar-refractivity contribution is -0.127. The number of aliphatic hydroxyl groups is 1. The summed E-state index contributed by atoms with van der Waals surface area (Å²) in [6.45, 7) is 6.36. The van der Waals surface area contributed by atoms with E-state index in [1.807, 2.05) is 20.8 Å². The normalized spacial score (nSPS) is 22.8. The van der Waals surface area contributed by atoms with Gasteiger partial charge in [0.05, 0.1) is 6.26 Å². The fourth-order valence-electron chi connectivity index (χ4n) is 2.68. The molecule has 124 valence electrons. The molecule has 0 aliphatic carbocycles. The van der Waals surface area contributed by atoms with Gasteiger partial charge in [-0.2, -0.15) is 4.31 Å². The highest BCUT2D eigenvalue weighted by Crippen LogP contribution is 2.24. The highest BCUT2D eigenvalue weighted by Gasteiger charge is 2.36. The van der Waals surface area contributed by atoms with Gasteiger partial charge < -0.3 is 10.4 Å². The number of rotatable bonds is 5. The Morgan fingerprint density at radius 3 is 2.48 bits per heavy atom. The van der Waals surface area contributed by atoms with Crippen LogP contribution in [0.15, 0.2) is 0 Å². The summed E-state index contributed by atoms with van der Waals surface area (Å²) in [5, 5.41) is 12.1. The second-order valence-corrected chi connectivity index (χ2v) is 8.76. The summed E-state index contributed by atoms with van der Waals surface area (Å²) < 4.78 is 24.9. The first-order chi connectivity index (χ1) is 9.57. The zero-order valence-corrected chi connectivity index (χ0v) is 14.2. The molecule has 0 aromatic rings. The summed E-state index contributed by atoms with van der Waals surface area (Å²) >= 11 is 0. The van der Waals surface area contributed by atoms with Crippen LogP contribution in [0.2, 0.25) is 0 Å². The number of sulfonamides is 1. The molecule has 0 radical (unpaired) electrons. The van der Waals surface area contributed by atoms with Crippen molar-refractivity contribution in [3.05, 3.63) is 0 Å². The van der Waals surface area contributed by atoms with Gasteiger partial charge in [0, 0.05) is 19.2 Å². The standard InChI is InChI=1S/C14H28N2O4S/c1-14(2,3)12(8-10-17)15-13(18)11-7-5-6-9-16(11)21(4,19)20/h11-12,17H,5-10H2,1-4H3,(H,15,18). The maximum Gasteiger partial charge on any atom is 0.238 e. The third-order valence-corrected chi connectivity index (χ3v) is 5.25. The molecule has 0 spiro atoms. The Labute approximate surface area is 128 Å². The molecule has 1 amide bonds. The van der Waals surface area contributed by atoms with Gasteiger partial charge in [-0.3, -0.25) is 4.79 Å². The summed E-state index contributed by atoms with van der Waals surface area (Å²) in [7, 11) is -3.38. The van der Waals surface area contributed by atoms with Crippen molar-refractivity contribution < 1.29 is 18.3 Å². The van der Waals surface area contributed by atoms with Gasteiger partial charge in [0.2, 0.25) is 15.9 Å². The van der Waals surface area contributed by atoms with Gasteiger partial charge in [-0.25, -0.2) is 8.42 Å². The number of hydrogen-bond donors (Lipinski definition) is 2. The van der Waals surface area contributed by atoms with Gasteiger partial charge in [-0.05, 0) is 24.7 Å². The van der Waals surface area contributed by atoms with E-state index < -0.39 is 16.1 Å². The Kier molecular flexibility index (Phi) is 6.19. The molecule has 21 heavy (non-hydrogen) atoms. The zero-order valence-electron chi connectivity index (χ0n) is 13.4. The zero-order chi connectivity index (χ0) is 16.3. The first-order valence-electron chi connectivity index (χ1n) is 7.45. The van der Waals surface area contributed by atoms with Crippen molar-refractivity contribution in [3.8, 4) is 0 Å². The average molecular weight is 320 g/mol. The topological polar surface area (TPSA) is 86.7 Å². The van der Waals surface area contributed by atoms with Gasteiger partial charge in [0.15, 0.2) is 0 Å². The van der Waals surface area contributed by atoms with Crippen molar-refractivity contribution in [3.63, 3.8) is 0 Å². The van der Waals surface area contributed by atoms with E-state index in [9.17, 15) is 13.2 Å². The quantitative estimate of drug-likeness (QED) is 0.781. The van der Waals surface area contributed by atoms with Crippen LogP contribution in [0.3, 0.4) is 0 Å². The van der Waals surface area contributed by atoms with E-state index in [-0.39, 0.29) is 24.0 Å². The molecule has 2 atom stereocenters. The van der Waals surface area contributed by atoms with Crippen LogP contribution in [0.25, 0.3) is 0 Å². The minimum atomic E-state index is -3.38. The second-order valence-electron chi connectivity index (χ2n) is 6.82. The van der Waals surface area contributed by atoms with Gasteiger partial charge >= 0.3 is 0 Å². The second kappa shape index (κ2) is 7.07. The predicted molar refractivity (Wildman–Crippen MR) is 82.3 cm³/mol. The fraction of sp³-hybridized carbons (Fsp3) is 0.929. The smallest absolute Gasteiger partial charge is 0.238 e. The van der Waals surface area contributed by atoms with Gasteiger partial charge in [0.1, 0.15) is 6.04 Å². The molecule has 0 saturated carbocycles. The Bertz CT molecular complexity index is 456. The molecule has 1 aliphatic heterocycles. The van der Waals surface area contributed by atoms with Crippen molar-refractivity contribution in [2.24, 2.45) is 5.41 Å². The van der Waals surface area contributed by atoms with E-state index in [1.165, 1.54) is 4.31 Å². The van der Waals surface area contributed by atoms with Gasteiger partial charge in [-0.1, -0.05) is 27.2 Å². The minimum Gasteiger partial charge on any atom is -0.396 e. The first kappa shape index (κ1) is 18.4. The molecule has 7 heteroatoms. The average Bonchev–Trinajstić information content (AvgIpc) is 2.36. The monoisotopic (exact) mass is 320 g/mol. The molecular formula is C14H28N2O4S. The van der Waals surface area contributed by atoms with E-state index >= 15 is 0 Å². The summed E-state index contributed by atoms with van der Waals surface area (Å²) in [5.41, 5.74) is -0.191. The maximum absolute atomic E-state index is 12.5. The predicted octanol–water partition coefficient (Wildman–Crippen LogP) is 0.714. The van der Waals surface area contributed by atoms with Crippen LogP contribution >= 0.6 is 0 Å². The number of hydrogen-bond acceptors (Lipinski definition) is 4. The van der Waals surface area contributed by atoms with Crippen molar-refractivity contribution in [1.29, 1.82) is 0 Å². The highest BCUT2D eigenvalue weighted by atomic mass is 32.2. The number of aliphatic hydroxyl groups excluding tert-OH is 1. The molecule has 1 rings (SSSR count). The van der Waals surface area contributed by atoms with Gasteiger partial charge in [-0.15, -0.1) is 0 Å². The van der Waals surface area contributed by atoms with Crippen molar-refractivity contribution in [2.45, 2.75) is 58.5 Å². The van der Waals surface area contributed by atoms with Crippen molar-refractivity contribution >= 4 is 15.9 Å². The van der Waals surface area contributed by atoms with Crippen LogP contribution in [0.1, 0.15) is 46.5 Å². The highest BCUT2D eigenvalue weighted by molar-refractivity contribution is 7.88. The molecule has 2 unspecified atom stereocenters. The van der Waals surface area contributed by atoms with Gasteiger partial charge in [0.25, 0.3) is 0 Å². The number of piperidine rings is 1. The largest absolute Gasteiger partial charge is 0.396 e. The maximum atomic E-state index is 12.5. The molecule has 1 saturated heterocycles.